The van der Waals surface area contributed by atoms with Crippen molar-refractivity contribution in [3.8, 4) is 0 Å². The van der Waals surface area contributed by atoms with Crippen LogP contribution in [0.3, 0.4) is 0 Å². The molecule has 1 aliphatic rings. The summed E-state index contributed by atoms with van der Waals surface area (Å²) in [6, 6.07) is 9.55. The highest BCUT2D eigenvalue weighted by molar-refractivity contribution is 5.94. The van der Waals surface area contributed by atoms with E-state index in [0.29, 0.717) is 6.61 Å². The Morgan fingerprint density at radius 1 is 1.37 bits per heavy atom. The van der Waals surface area contributed by atoms with Crippen molar-refractivity contribution in [3.63, 3.8) is 0 Å². The average Bonchev–Trinajstić information content (AvgIpc) is 2.64. The van der Waals surface area contributed by atoms with Crippen LogP contribution in [-0.4, -0.2) is 35.7 Å². The zero-order chi connectivity index (χ0) is 13.9. The molecule has 0 saturated carbocycles. The zero-order valence-corrected chi connectivity index (χ0v) is 11.1. The van der Waals surface area contributed by atoms with Crippen molar-refractivity contribution in [2.75, 3.05) is 13.2 Å². The summed E-state index contributed by atoms with van der Waals surface area (Å²) in [6.07, 6.45) is -0.599. The summed E-state index contributed by atoms with van der Waals surface area (Å²) in [5.41, 5.74) is 0.367. The number of nitrogens with zero attached hydrogens (tertiary/aromatic N) is 1. The number of hydrogen-bond acceptors (Lipinski definition) is 4. The van der Waals surface area contributed by atoms with Crippen LogP contribution in [0.25, 0.3) is 0 Å². The van der Waals surface area contributed by atoms with Crippen LogP contribution in [-0.2, 0) is 20.9 Å². The Kier molecular flexibility index (Phi) is 3.85. The van der Waals surface area contributed by atoms with Crippen molar-refractivity contribution in [1.82, 2.24) is 4.90 Å². The van der Waals surface area contributed by atoms with Crippen LogP contribution in [0.5, 0.6) is 0 Å². The molecule has 1 saturated heterocycles. The summed E-state index contributed by atoms with van der Waals surface area (Å²) < 4.78 is 10.4. The number of cyclic esters (lactones) is 1. The van der Waals surface area contributed by atoms with Crippen LogP contribution >= 0.6 is 0 Å². The summed E-state index contributed by atoms with van der Waals surface area (Å²) in [7, 11) is 0. The van der Waals surface area contributed by atoms with E-state index < -0.39 is 11.7 Å². The number of amides is 2. The van der Waals surface area contributed by atoms with Crippen LogP contribution in [0.2, 0.25) is 0 Å². The van der Waals surface area contributed by atoms with Crippen molar-refractivity contribution in [2.45, 2.75) is 26.1 Å². The van der Waals surface area contributed by atoms with E-state index in [4.69, 9.17) is 9.47 Å². The minimum Gasteiger partial charge on any atom is -0.441 e. The Morgan fingerprint density at radius 3 is 2.63 bits per heavy atom. The number of rotatable bonds is 4. The number of ether oxygens (including phenoxy) is 2. The van der Waals surface area contributed by atoms with Crippen LogP contribution in [0, 0.1) is 0 Å². The molecule has 0 bridgehead atoms. The molecular weight excluding hydrogens is 246 g/mol. The zero-order valence-electron chi connectivity index (χ0n) is 11.1. The molecule has 0 aromatic heterocycles. The summed E-state index contributed by atoms with van der Waals surface area (Å²) in [5.74, 6) is -0.369. The largest absolute Gasteiger partial charge is 0.441 e. The number of hydrogen-bond donors (Lipinski definition) is 0. The van der Waals surface area contributed by atoms with Gasteiger partial charge in [0.2, 0.25) is 0 Å². The first-order valence-corrected chi connectivity index (χ1v) is 6.13. The molecular formula is C14H17NO4. The first-order chi connectivity index (χ1) is 8.98. The standard InChI is InChI=1S/C14H17NO4/c1-14(2)10-15(13(17)19-14)12(16)9-18-8-11-6-4-3-5-7-11/h3-7H,8-10H2,1-2H3. The second-order valence-corrected chi connectivity index (χ2v) is 5.09. The number of benzene rings is 1. The van der Waals surface area contributed by atoms with E-state index in [2.05, 4.69) is 0 Å². The molecule has 1 fully saturated rings. The maximum atomic E-state index is 11.8. The summed E-state index contributed by atoms with van der Waals surface area (Å²) in [5, 5.41) is 0. The van der Waals surface area contributed by atoms with E-state index in [0.717, 1.165) is 10.5 Å². The molecule has 5 heteroatoms. The molecule has 1 heterocycles. The fourth-order valence-electron chi connectivity index (χ4n) is 1.87. The average molecular weight is 263 g/mol. The molecule has 1 aliphatic heterocycles. The monoisotopic (exact) mass is 263 g/mol. The fraction of sp³-hybridized carbons (Fsp3) is 0.429. The van der Waals surface area contributed by atoms with Crippen molar-refractivity contribution in [1.29, 1.82) is 0 Å². The molecule has 2 rings (SSSR count). The van der Waals surface area contributed by atoms with Gasteiger partial charge in [-0.15, -0.1) is 0 Å². The molecule has 0 unspecified atom stereocenters. The van der Waals surface area contributed by atoms with Gasteiger partial charge >= 0.3 is 6.09 Å². The third-order valence-electron chi connectivity index (χ3n) is 2.76. The van der Waals surface area contributed by atoms with E-state index in [9.17, 15) is 9.59 Å². The normalized spacial score (nSPS) is 17.4. The number of carbonyl (C=O) groups excluding carboxylic acids is 2. The van der Waals surface area contributed by atoms with E-state index in [1.807, 2.05) is 30.3 Å². The highest BCUT2D eigenvalue weighted by Crippen LogP contribution is 2.21. The topological polar surface area (TPSA) is 55.8 Å². The maximum absolute atomic E-state index is 11.8. The quantitative estimate of drug-likeness (QED) is 0.833. The van der Waals surface area contributed by atoms with Crippen LogP contribution in [0.4, 0.5) is 4.79 Å². The van der Waals surface area contributed by atoms with Gasteiger partial charge in [0.1, 0.15) is 12.2 Å². The molecule has 102 valence electrons. The lowest BCUT2D eigenvalue weighted by atomic mass is 10.1. The van der Waals surface area contributed by atoms with Crippen LogP contribution in [0.1, 0.15) is 19.4 Å². The Bertz CT molecular complexity index is 470. The first-order valence-electron chi connectivity index (χ1n) is 6.13. The lowest BCUT2D eigenvalue weighted by molar-refractivity contribution is -0.133. The minimum atomic E-state index is -0.619. The van der Waals surface area contributed by atoms with Gasteiger partial charge in [-0.1, -0.05) is 30.3 Å². The molecule has 5 nitrogen and oxygen atoms in total. The van der Waals surface area contributed by atoms with Crippen LogP contribution in [0.15, 0.2) is 30.3 Å². The third kappa shape index (κ3) is 3.54. The van der Waals surface area contributed by atoms with Gasteiger partial charge < -0.3 is 9.47 Å². The van der Waals surface area contributed by atoms with E-state index in [1.165, 1.54) is 0 Å². The van der Waals surface area contributed by atoms with Crippen molar-refractivity contribution in [2.24, 2.45) is 0 Å². The smallest absolute Gasteiger partial charge is 0.417 e. The molecule has 0 N–H and O–H groups in total. The molecule has 1 aromatic carbocycles. The Labute approximate surface area is 112 Å². The molecule has 0 aliphatic carbocycles. The first kappa shape index (κ1) is 13.5. The summed E-state index contributed by atoms with van der Waals surface area (Å²) >= 11 is 0. The molecule has 2 amide bonds. The molecule has 19 heavy (non-hydrogen) atoms. The molecule has 0 atom stereocenters. The second kappa shape index (κ2) is 5.40. The van der Waals surface area contributed by atoms with Crippen molar-refractivity contribution in [3.05, 3.63) is 35.9 Å². The van der Waals surface area contributed by atoms with Gasteiger partial charge in [0.25, 0.3) is 5.91 Å². The molecule has 0 spiro atoms. The Balaban J connectivity index is 1.81. The van der Waals surface area contributed by atoms with Gasteiger partial charge in [0.05, 0.1) is 13.2 Å². The number of carbonyl (C=O) groups is 2. The highest BCUT2D eigenvalue weighted by atomic mass is 16.6. The minimum absolute atomic E-state index is 0.125. The third-order valence-corrected chi connectivity index (χ3v) is 2.76. The molecule has 0 radical (unpaired) electrons. The lowest BCUT2D eigenvalue weighted by Crippen LogP contribution is -2.36. The second-order valence-electron chi connectivity index (χ2n) is 5.09. The fourth-order valence-corrected chi connectivity index (χ4v) is 1.87. The van der Waals surface area contributed by atoms with Gasteiger partial charge in [-0.25, -0.2) is 9.69 Å². The van der Waals surface area contributed by atoms with Gasteiger partial charge in [-0.05, 0) is 19.4 Å². The van der Waals surface area contributed by atoms with Gasteiger partial charge in [-0.3, -0.25) is 4.79 Å². The van der Waals surface area contributed by atoms with Crippen molar-refractivity contribution >= 4 is 12.0 Å². The highest BCUT2D eigenvalue weighted by Gasteiger charge is 2.40. The van der Waals surface area contributed by atoms with E-state index in [-0.39, 0.29) is 19.1 Å². The van der Waals surface area contributed by atoms with Gasteiger partial charge in [0, 0.05) is 0 Å². The van der Waals surface area contributed by atoms with Gasteiger partial charge in [-0.2, -0.15) is 0 Å². The van der Waals surface area contributed by atoms with E-state index in [1.54, 1.807) is 13.8 Å². The Morgan fingerprint density at radius 2 is 2.05 bits per heavy atom. The predicted octanol–water partition coefficient (Wildman–Crippen LogP) is 1.96. The lowest BCUT2D eigenvalue weighted by Gasteiger charge is -2.14. The van der Waals surface area contributed by atoms with Gasteiger partial charge in [0.15, 0.2) is 0 Å². The number of imide groups is 1. The summed E-state index contributed by atoms with van der Waals surface area (Å²) in [4.78, 5) is 24.4. The Hall–Kier alpha value is -1.88. The van der Waals surface area contributed by atoms with Crippen LogP contribution < -0.4 is 0 Å². The maximum Gasteiger partial charge on any atom is 0.417 e. The van der Waals surface area contributed by atoms with E-state index >= 15 is 0 Å². The predicted molar refractivity (Wildman–Crippen MR) is 68.4 cm³/mol. The van der Waals surface area contributed by atoms with Crippen molar-refractivity contribution < 1.29 is 19.1 Å². The molecule has 1 aromatic rings. The summed E-state index contributed by atoms with van der Waals surface area (Å²) in [6.45, 7) is 4.02. The SMILES string of the molecule is CC1(C)CN(C(=O)COCc2ccccc2)C(=O)O1.